The molecule has 2 aromatic rings. The number of hydrogen-bond donors (Lipinski definition) is 1. The van der Waals surface area contributed by atoms with Crippen molar-refractivity contribution < 1.29 is 5.11 Å². The summed E-state index contributed by atoms with van der Waals surface area (Å²) in [6.07, 6.45) is 4.57. The predicted molar refractivity (Wildman–Crippen MR) is 80.3 cm³/mol. The second-order valence-corrected chi connectivity index (χ2v) is 5.85. The van der Waals surface area contributed by atoms with Gasteiger partial charge in [-0.05, 0) is 44.9 Å². The monoisotopic (exact) mass is 290 g/mol. The molecule has 0 spiro atoms. The van der Waals surface area contributed by atoms with Crippen LogP contribution in [0, 0.1) is 0 Å². The Labute approximate surface area is 123 Å². The van der Waals surface area contributed by atoms with Crippen molar-refractivity contribution in [3.05, 3.63) is 34.9 Å². The first kappa shape index (κ1) is 14.3. The molecule has 6 nitrogen and oxygen atoms in total. The lowest BCUT2D eigenvalue weighted by atomic mass is 10.1. The Bertz CT molecular complexity index is 661. The first-order valence-corrected chi connectivity index (χ1v) is 7.61. The van der Waals surface area contributed by atoms with Gasteiger partial charge in [-0.15, -0.1) is 5.10 Å². The number of aliphatic hydroxyl groups is 1. The van der Waals surface area contributed by atoms with Gasteiger partial charge >= 0.3 is 5.69 Å². The minimum atomic E-state index is -0.270. The molecule has 3 rings (SSSR count). The molecule has 1 aliphatic rings. The molecule has 1 fully saturated rings. The summed E-state index contributed by atoms with van der Waals surface area (Å²) >= 11 is 0. The SMILES string of the molecule is CC(O)CC1CCCN1CCn1nc2ccccn2c1=O. The van der Waals surface area contributed by atoms with Crippen molar-refractivity contribution in [2.24, 2.45) is 0 Å². The largest absolute Gasteiger partial charge is 0.393 e. The van der Waals surface area contributed by atoms with E-state index in [-0.39, 0.29) is 11.8 Å². The summed E-state index contributed by atoms with van der Waals surface area (Å²) in [4.78, 5) is 14.6. The van der Waals surface area contributed by atoms with Gasteiger partial charge in [0.05, 0.1) is 12.6 Å². The summed E-state index contributed by atoms with van der Waals surface area (Å²) in [7, 11) is 0. The van der Waals surface area contributed by atoms with E-state index in [0.29, 0.717) is 18.2 Å². The summed E-state index contributed by atoms with van der Waals surface area (Å²) in [6.45, 7) is 4.28. The van der Waals surface area contributed by atoms with E-state index in [0.717, 1.165) is 32.4 Å². The van der Waals surface area contributed by atoms with Crippen molar-refractivity contribution in [2.75, 3.05) is 13.1 Å². The Morgan fingerprint density at radius 2 is 2.29 bits per heavy atom. The number of likely N-dealkylation sites (tertiary alicyclic amines) is 1. The van der Waals surface area contributed by atoms with Crippen LogP contribution in [-0.4, -0.2) is 49.4 Å². The van der Waals surface area contributed by atoms with Crippen LogP contribution in [0.1, 0.15) is 26.2 Å². The van der Waals surface area contributed by atoms with Gasteiger partial charge in [0.15, 0.2) is 5.65 Å². The molecule has 2 aromatic heterocycles. The van der Waals surface area contributed by atoms with E-state index >= 15 is 0 Å². The number of fused-ring (bicyclic) bond motifs is 1. The first-order chi connectivity index (χ1) is 10.1. The number of aliphatic hydroxyl groups excluding tert-OH is 1. The standard InChI is InChI=1S/C15H22N4O2/c1-12(20)11-13-5-4-7-17(13)9-10-19-15(21)18-8-3-2-6-14(18)16-19/h2-3,6,8,12-13,20H,4-5,7,9-11H2,1H3. The molecule has 1 aliphatic heterocycles. The fraction of sp³-hybridized carbons (Fsp3) is 0.600. The summed E-state index contributed by atoms with van der Waals surface area (Å²) < 4.78 is 3.10. The molecule has 0 saturated carbocycles. The number of aromatic nitrogens is 3. The molecule has 1 saturated heterocycles. The summed E-state index contributed by atoms with van der Waals surface area (Å²) in [5.74, 6) is 0. The van der Waals surface area contributed by atoms with Crippen LogP contribution in [0.3, 0.4) is 0 Å². The molecular formula is C15H22N4O2. The molecule has 2 atom stereocenters. The molecule has 0 amide bonds. The fourth-order valence-electron chi connectivity index (χ4n) is 3.19. The van der Waals surface area contributed by atoms with Crippen LogP contribution in [0.25, 0.3) is 5.65 Å². The van der Waals surface area contributed by atoms with Crippen molar-refractivity contribution in [2.45, 2.75) is 44.9 Å². The molecule has 21 heavy (non-hydrogen) atoms. The number of hydrogen-bond acceptors (Lipinski definition) is 4. The van der Waals surface area contributed by atoms with Gasteiger partial charge < -0.3 is 5.11 Å². The van der Waals surface area contributed by atoms with E-state index in [2.05, 4.69) is 10.00 Å². The Balaban J connectivity index is 1.69. The Morgan fingerprint density at radius 3 is 3.05 bits per heavy atom. The third kappa shape index (κ3) is 3.01. The topological polar surface area (TPSA) is 62.8 Å². The van der Waals surface area contributed by atoms with Gasteiger partial charge in [-0.3, -0.25) is 9.30 Å². The highest BCUT2D eigenvalue weighted by Gasteiger charge is 2.25. The van der Waals surface area contributed by atoms with Crippen LogP contribution < -0.4 is 5.69 Å². The lowest BCUT2D eigenvalue weighted by molar-refractivity contribution is 0.131. The lowest BCUT2D eigenvalue weighted by Crippen LogP contribution is -2.36. The second-order valence-electron chi connectivity index (χ2n) is 5.85. The average molecular weight is 290 g/mol. The normalized spacial score (nSPS) is 21.1. The lowest BCUT2D eigenvalue weighted by Gasteiger charge is -2.25. The second kappa shape index (κ2) is 5.99. The molecule has 6 heteroatoms. The molecule has 0 radical (unpaired) electrons. The highest BCUT2D eigenvalue weighted by Crippen LogP contribution is 2.20. The highest BCUT2D eigenvalue weighted by molar-refractivity contribution is 5.35. The molecule has 0 bridgehead atoms. The van der Waals surface area contributed by atoms with Gasteiger partial charge in [-0.25, -0.2) is 9.48 Å². The Morgan fingerprint density at radius 1 is 1.43 bits per heavy atom. The van der Waals surface area contributed by atoms with Crippen molar-refractivity contribution in [3.8, 4) is 0 Å². The molecule has 1 N–H and O–H groups in total. The van der Waals surface area contributed by atoms with Crippen LogP contribution in [-0.2, 0) is 6.54 Å². The molecule has 114 valence electrons. The Hall–Kier alpha value is -1.66. The van der Waals surface area contributed by atoms with Gasteiger partial charge in [-0.2, -0.15) is 0 Å². The van der Waals surface area contributed by atoms with Gasteiger partial charge in [0.1, 0.15) is 0 Å². The van der Waals surface area contributed by atoms with Crippen LogP contribution in [0.15, 0.2) is 29.2 Å². The van der Waals surface area contributed by atoms with Crippen molar-refractivity contribution >= 4 is 5.65 Å². The summed E-state index contributed by atoms with van der Waals surface area (Å²) in [5, 5.41) is 13.9. The molecule has 0 aromatic carbocycles. The minimum absolute atomic E-state index is 0.0862. The van der Waals surface area contributed by atoms with Crippen molar-refractivity contribution in [1.29, 1.82) is 0 Å². The zero-order valence-electron chi connectivity index (χ0n) is 12.4. The maximum atomic E-state index is 12.2. The maximum absolute atomic E-state index is 12.2. The fourth-order valence-corrected chi connectivity index (χ4v) is 3.19. The molecular weight excluding hydrogens is 268 g/mol. The number of nitrogens with zero attached hydrogens (tertiary/aromatic N) is 4. The Kier molecular flexibility index (Phi) is 4.07. The summed E-state index contributed by atoms with van der Waals surface area (Å²) in [6, 6.07) is 5.98. The molecule has 2 unspecified atom stereocenters. The maximum Gasteiger partial charge on any atom is 0.350 e. The smallest absolute Gasteiger partial charge is 0.350 e. The van der Waals surface area contributed by atoms with Crippen molar-refractivity contribution in [1.82, 2.24) is 19.1 Å². The van der Waals surface area contributed by atoms with E-state index in [1.807, 2.05) is 25.1 Å². The zero-order chi connectivity index (χ0) is 14.8. The van der Waals surface area contributed by atoms with Crippen LogP contribution in [0.4, 0.5) is 0 Å². The quantitative estimate of drug-likeness (QED) is 0.882. The van der Waals surface area contributed by atoms with Gasteiger partial charge in [0, 0.05) is 18.8 Å². The van der Waals surface area contributed by atoms with Crippen LogP contribution in [0.2, 0.25) is 0 Å². The third-order valence-electron chi connectivity index (χ3n) is 4.20. The van der Waals surface area contributed by atoms with Gasteiger partial charge in [0.2, 0.25) is 0 Å². The van der Waals surface area contributed by atoms with Crippen molar-refractivity contribution in [3.63, 3.8) is 0 Å². The highest BCUT2D eigenvalue weighted by atomic mass is 16.3. The van der Waals surface area contributed by atoms with Crippen LogP contribution in [0.5, 0.6) is 0 Å². The summed E-state index contributed by atoms with van der Waals surface area (Å²) in [5.41, 5.74) is 0.598. The molecule has 3 heterocycles. The predicted octanol–water partition coefficient (Wildman–Crippen LogP) is 0.731. The average Bonchev–Trinajstić information content (AvgIpc) is 3.02. The van der Waals surface area contributed by atoms with E-state index in [1.165, 1.54) is 4.68 Å². The minimum Gasteiger partial charge on any atom is -0.393 e. The third-order valence-corrected chi connectivity index (χ3v) is 4.20. The number of rotatable bonds is 5. The number of pyridine rings is 1. The van der Waals surface area contributed by atoms with E-state index < -0.39 is 0 Å². The van der Waals surface area contributed by atoms with E-state index in [4.69, 9.17) is 0 Å². The van der Waals surface area contributed by atoms with E-state index in [1.54, 1.807) is 10.6 Å². The van der Waals surface area contributed by atoms with E-state index in [9.17, 15) is 9.90 Å². The van der Waals surface area contributed by atoms with Gasteiger partial charge in [0.25, 0.3) is 0 Å². The first-order valence-electron chi connectivity index (χ1n) is 7.61. The van der Waals surface area contributed by atoms with Crippen LogP contribution >= 0.6 is 0 Å². The zero-order valence-corrected chi connectivity index (χ0v) is 12.4. The van der Waals surface area contributed by atoms with Gasteiger partial charge in [-0.1, -0.05) is 6.07 Å². The molecule has 0 aliphatic carbocycles.